The molecule has 0 aliphatic rings. The molecule has 0 spiro atoms. The summed E-state index contributed by atoms with van der Waals surface area (Å²) < 4.78 is 0. The zero-order valence-electron chi connectivity index (χ0n) is 8.71. The van der Waals surface area contributed by atoms with Gasteiger partial charge in [-0.05, 0) is 18.1 Å². The number of nitro groups is 2. The molecule has 7 heteroatoms. The van der Waals surface area contributed by atoms with Crippen molar-refractivity contribution in [3.63, 3.8) is 0 Å². The predicted octanol–water partition coefficient (Wildman–Crippen LogP) is 2.33. The van der Waals surface area contributed by atoms with Crippen LogP contribution in [-0.4, -0.2) is 15.0 Å². The first-order valence-electron chi connectivity index (χ1n) is 4.51. The molecule has 1 aromatic rings. The van der Waals surface area contributed by atoms with Crippen molar-refractivity contribution in [2.24, 2.45) is 0 Å². The van der Waals surface area contributed by atoms with Crippen LogP contribution in [0.2, 0.25) is 0 Å². The standard InChI is InChI=1S/C9H10N2O5/c1-5(2)6-3-4-7(12)9(11(15)16)8(6)10(13)14/h3-5,12H,1-2H3. The molecule has 0 fully saturated rings. The first-order valence-corrected chi connectivity index (χ1v) is 4.51. The third-order valence-corrected chi connectivity index (χ3v) is 2.15. The molecule has 0 radical (unpaired) electrons. The molecule has 7 nitrogen and oxygen atoms in total. The van der Waals surface area contributed by atoms with Crippen molar-refractivity contribution in [1.82, 2.24) is 0 Å². The van der Waals surface area contributed by atoms with Gasteiger partial charge in [-0.25, -0.2) is 0 Å². The molecule has 1 rings (SSSR count). The Bertz CT molecular complexity index is 455. The van der Waals surface area contributed by atoms with Gasteiger partial charge in [-0.1, -0.05) is 13.8 Å². The van der Waals surface area contributed by atoms with Crippen LogP contribution < -0.4 is 0 Å². The van der Waals surface area contributed by atoms with Gasteiger partial charge in [0.1, 0.15) is 0 Å². The number of rotatable bonds is 3. The van der Waals surface area contributed by atoms with E-state index >= 15 is 0 Å². The molecule has 0 saturated carbocycles. The van der Waals surface area contributed by atoms with E-state index in [0.717, 1.165) is 6.07 Å². The molecule has 0 bridgehead atoms. The second kappa shape index (κ2) is 4.13. The minimum absolute atomic E-state index is 0.231. The number of hydrogen-bond donors (Lipinski definition) is 1. The van der Waals surface area contributed by atoms with E-state index in [0.29, 0.717) is 0 Å². The SMILES string of the molecule is CC(C)c1ccc(O)c([N+](=O)[O-])c1[N+](=O)[O-]. The lowest BCUT2D eigenvalue weighted by atomic mass is 10.00. The maximum atomic E-state index is 10.8. The van der Waals surface area contributed by atoms with E-state index in [1.54, 1.807) is 13.8 Å². The number of aromatic hydroxyl groups is 1. The molecule has 0 amide bonds. The van der Waals surface area contributed by atoms with Gasteiger partial charge in [0.05, 0.1) is 9.85 Å². The van der Waals surface area contributed by atoms with Gasteiger partial charge in [-0.2, -0.15) is 0 Å². The number of phenols is 1. The molecule has 0 heterocycles. The Morgan fingerprint density at radius 3 is 2.00 bits per heavy atom. The lowest BCUT2D eigenvalue weighted by molar-refractivity contribution is -0.423. The van der Waals surface area contributed by atoms with E-state index in [2.05, 4.69) is 0 Å². The normalized spacial score (nSPS) is 10.4. The molecule has 0 unspecified atom stereocenters. The highest BCUT2D eigenvalue weighted by atomic mass is 16.6. The van der Waals surface area contributed by atoms with Crippen LogP contribution in [0.1, 0.15) is 25.3 Å². The highest BCUT2D eigenvalue weighted by molar-refractivity contribution is 5.65. The molecule has 0 saturated heterocycles. The number of hydrogen-bond acceptors (Lipinski definition) is 5. The van der Waals surface area contributed by atoms with Crippen molar-refractivity contribution in [3.05, 3.63) is 37.9 Å². The van der Waals surface area contributed by atoms with E-state index in [9.17, 15) is 25.3 Å². The summed E-state index contributed by atoms with van der Waals surface area (Å²) in [5.74, 6) is -0.930. The zero-order chi connectivity index (χ0) is 12.5. The van der Waals surface area contributed by atoms with Crippen molar-refractivity contribution < 1.29 is 15.0 Å². The number of benzene rings is 1. The van der Waals surface area contributed by atoms with Crippen molar-refractivity contribution in [1.29, 1.82) is 0 Å². The van der Waals surface area contributed by atoms with Crippen LogP contribution in [-0.2, 0) is 0 Å². The fraction of sp³-hybridized carbons (Fsp3) is 0.333. The quantitative estimate of drug-likeness (QED) is 0.628. The third kappa shape index (κ3) is 1.92. The highest BCUT2D eigenvalue weighted by Crippen LogP contribution is 2.40. The van der Waals surface area contributed by atoms with Crippen LogP contribution in [0.3, 0.4) is 0 Å². The second-order valence-corrected chi connectivity index (χ2v) is 3.54. The third-order valence-electron chi connectivity index (χ3n) is 2.15. The molecule has 0 atom stereocenters. The van der Waals surface area contributed by atoms with Crippen LogP contribution in [0.25, 0.3) is 0 Å². The lowest BCUT2D eigenvalue weighted by Crippen LogP contribution is -2.02. The first kappa shape index (κ1) is 11.9. The van der Waals surface area contributed by atoms with E-state index in [1.807, 2.05) is 0 Å². The van der Waals surface area contributed by atoms with Crippen molar-refractivity contribution in [3.8, 4) is 5.75 Å². The minimum atomic E-state index is -0.945. The fourth-order valence-corrected chi connectivity index (χ4v) is 1.42. The molecule has 0 aliphatic heterocycles. The summed E-state index contributed by atoms with van der Waals surface area (Å²) in [5.41, 5.74) is -1.26. The Morgan fingerprint density at radius 2 is 1.62 bits per heavy atom. The monoisotopic (exact) mass is 226 g/mol. The number of nitrogens with zero attached hydrogens (tertiary/aromatic N) is 2. The minimum Gasteiger partial charge on any atom is -0.502 e. The first-order chi connectivity index (χ1) is 7.36. The molecule has 0 aromatic heterocycles. The molecular weight excluding hydrogens is 216 g/mol. The average Bonchev–Trinajstić information content (AvgIpc) is 2.15. The molecule has 16 heavy (non-hydrogen) atoms. The van der Waals surface area contributed by atoms with Crippen LogP contribution in [0.4, 0.5) is 11.4 Å². The summed E-state index contributed by atoms with van der Waals surface area (Å²) in [7, 11) is 0. The van der Waals surface area contributed by atoms with Crippen molar-refractivity contribution >= 4 is 11.4 Å². The highest BCUT2D eigenvalue weighted by Gasteiger charge is 2.33. The van der Waals surface area contributed by atoms with E-state index in [-0.39, 0.29) is 11.5 Å². The van der Waals surface area contributed by atoms with Gasteiger partial charge in [-0.15, -0.1) is 0 Å². The van der Waals surface area contributed by atoms with Gasteiger partial charge in [-0.3, -0.25) is 20.2 Å². The van der Waals surface area contributed by atoms with Gasteiger partial charge >= 0.3 is 11.4 Å². The summed E-state index contributed by atoms with van der Waals surface area (Å²) >= 11 is 0. The summed E-state index contributed by atoms with van der Waals surface area (Å²) in [5, 5.41) is 30.7. The molecule has 1 N–H and O–H groups in total. The Hall–Kier alpha value is -2.18. The van der Waals surface area contributed by atoms with Gasteiger partial charge in [0, 0.05) is 5.56 Å². The topological polar surface area (TPSA) is 107 Å². The van der Waals surface area contributed by atoms with Gasteiger partial charge in [0.25, 0.3) is 0 Å². The Morgan fingerprint density at radius 1 is 1.12 bits per heavy atom. The van der Waals surface area contributed by atoms with Gasteiger partial charge < -0.3 is 5.11 Å². The van der Waals surface area contributed by atoms with Crippen LogP contribution in [0.15, 0.2) is 12.1 Å². The van der Waals surface area contributed by atoms with E-state index in [4.69, 9.17) is 0 Å². The van der Waals surface area contributed by atoms with Crippen LogP contribution in [0.5, 0.6) is 5.75 Å². The lowest BCUT2D eigenvalue weighted by Gasteiger charge is -2.06. The molecule has 86 valence electrons. The van der Waals surface area contributed by atoms with Crippen LogP contribution >= 0.6 is 0 Å². The summed E-state index contributed by atoms with van der Waals surface area (Å²) in [4.78, 5) is 19.7. The Labute approximate surface area is 90.6 Å². The Balaban J connectivity index is 3.63. The predicted molar refractivity (Wildman–Crippen MR) is 55.5 cm³/mol. The summed E-state index contributed by atoms with van der Waals surface area (Å²) in [6.07, 6.45) is 0. The second-order valence-electron chi connectivity index (χ2n) is 3.54. The summed E-state index contributed by atoms with van der Waals surface area (Å²) in [6, 6.07) is 2.42. The smallest absolute Gasteiger partial charge is 0.387 e. The molecule has 1 aromatic carbocycles. The van der Waals surface area contributed by atoms with Gasteiger partial charge in [0.2, 0.25) is 5.75 Å². The zero-order valence-corrected chi connectivity index (χ0v) is 8.71. The molecular formula is C9H10N2O5. The molecule has 0 aliphatic carbocycles. The van der Waals surface area contributed by atoms with Gasteiger partial charge in [0.15, 0.2) is 0 Å². The average molecular weight is 226 g/mol. The van der Waals surface area contributed by atoms with E-state index in [1.165, 1.54) is 6.07 Å². The Kier molecular flexibility index (Phi) is 3.07. The maximum Gasteiger partial charge on any atom is 0.387 e. The van der Waals surface area contributed by atoms with Crippen molar-refractivity contribution in [2.75, 3.05) is 0 Å². The largest absolute Gasteiger partial charge is 0.502 e. The van der Waals surface area contributed by atoms with Crippen molar-refractivity contribution in [2.45, 2.75) is 19.8 Å². The number of nitro benzene ring substituents is 2. The van der Waals surface area contributed by atoms with Crippen LogP contribution in [0, 0.1) is 20.2 Å². The number of phenolic OH excluding ortho intramolecular Hbond substituents is 1. The maximum absolute atomic E-state index is 10.8. The van der Waals surface area contributed by atoms with E-state index < -0.39 is 27.0 Å². The summed E-state index contributed by atoms with van der Waals surface area (Å²) in [6.45, 7) is 3.37. The fourth-order valence-electron chi connectivity index (χ4n) is 1.42.